The summed E-state index contributed by atoms with van der Waals surface area (Å²) >= 11 is 0. The van der Waals surface area contributed by atoms with Crippen LogP contribution in [0.5, 0.6) is 0 Å². The Labute approximate surface area is 139 Å². The van der Waals surface area contributed by atoms with E-state index in [0.29, 0.717) is 6.04 Å². The van der Waals surface area contributed by atoms with Gasteiger partial charge in [0.1, 0.15) is 11.5 Å². The van der Waals surface area contributed by atoms with E-state index < -0.39 is 0 Å². The zero-order chi connectivity index (χ0) is 16.1. The van der Waals surface area contributed by atoms with Crippen LogP contribution in [0.3, 0.4) is 0 Å². The van der Waals surface area contributed by atoms with Crippen molar-refractivity contribution in [1.29, 1.82) is 0 Å². The first kappa shape index (κ1) is 17.0. The Balaban J connectivity index is 1.60. The molecule has 0 amide bonds. The summed E-state index contributed by atoms with van der Waals surface area (Å²) in [6.07, 6.45) is 4.52. The van der Waals surface area contributed by atoms with Gasteiger partial charge in [0.2, 0.25) is 0 Å². The normalized spacial score (nSPS) is 26.1. The molecule has 23 heavy (non-hydrogen) atoms. The summed E-state index contributed by atoms with van der Waals surface area (Å²) in [7, 11) is 0. The summed E-state index contributed by atoms with van der Waals surface area (Å²) in [4.78, 5) is 4.73. The molecule has 1 aromatic rings. The molecular formula is C18H30N2O3. The number of likely N-dealkylation sites (tertiary alicyclic amines) is 1. The third kappa shape index (κ3) is 4.80. The molecule has 3 heterocycles. The minimum Gasteiger partial charge on any atom is -0.465 e. The Morgan fingerprint density at radius 1 is 1.13 bits per heavy atom. The van der Waals surface area contributed by atoms with Crippen LogP contribution >= 0.6 is 0 Å². The number of hydrogen-bond acceptors (Lipinski definition) is 5. The fourth-order valence-corrected chi connectivity index (χ4v) is 3.75. The summed E-state index contributed by atoms with van der Waals surface area (Å²) in [6, 6.07) is 4.46. The molecule has 1 N–H and O–H groups in total. The highest BCUT2D eigenvalue weighted by Crippen LogP contribution is 2.31. The molecule has 0 bridgehead atoms. The molecule has 0 radical (unpaired) electrons. The first-order valence-corrected chi connectivity index (χ1v) is 9.01. The average molecular weight is 322 g/mol. The SMILES string of the molecule is Cc1ccc(C2CCCCCN2CC(O)CN2CCOCC2)o1. The summed E-state index contributed by atoms with van der Waals surface area (Å²) in [5.41, 5.74) is 0. The van der Waals surface area contributed by atoms with E-state index in [1.807, 2.05) is 13.0 Å². The van der Waals surface area contributed by atoms with Crippen molar-refractivity contribution in [2.24, 2.45) is 0 Å². The maximum Gasteiger partial charge on any atom is 0.121 e. The second-order valence-corrected chi connectivity index (χ2v) is 6.88. The highest BCUT2D eigenvalue weighted by Gasteiger charge is 2.27. The van der Waals surface area contributed by atoms with E-state index in [1.165, 1.54) is 19.3 Å². The number of ether oxygens (including phenoxy) is 1. The quantitative estimate of drug-likeness (QED) is 0.900. The van der Waals surface area contributed by atoms with Crippen LogP contribution in [0.1, 0.15) is 43.2 Å². The van der Waals surface area contributed by atoms with Gasteiger partial charge < -0.3 is 14.3 Å². The Kier molecular flexibility index (Phi) is 6.11. The van der Waals surface area contributed by atoms with Crippen molar-refractivity contribution in [2.75, 3.05) is 45.9 Å². The number of aliphatic hydroxyl groups excluding tert-OH is 1. The molecule has 130 valence electrons. The smallest absolute Gasteiger partial charge is 0.121 e. The number of rotatable bonds is 5. The molecule has 2 aliphatic heterocycles. The molecule has 0 aromatic carbocycles. The van der Waals surface area contributed by atoms with E-state index in [2.05, 4.69) is 15.9 Å². The molecule has 3 rings (SSSR count). The number of aliphatic hydroxyl groups is 1. The van der Waals surface area contributed by atoms with Gasteiger partial charge in [0.25, 0.3) is 0 Å². The topological polar surface area (TPSA) is 49.1 Å². The summed E-state index contributed by atoms with van der Waals surface area (Å²) < 4.78 is 11.3. The van der Waals surface area contributed by atoms with Crippen LogP contribution in [-0.2, 0) is 4.74 Å². The van der Waals surface area contributed by atoms with Crippen LogP contribution < -0.4 is 0 Å². The Morgan fingerprint density at radius 3 is 2.70 bits per heavy atom. The van der Waals surface area contributed by atoms with Gasteiger partial charge in [0, 0.05) is 26.2 Å². The van der Waals surface area contributed by atoms with Crippen molar-refractivity contribution in [3.05, 3.63) is 23.7 Å². The molecule has 1 aromatic heterocycles. The van der Waals surface area contributed by atoms with Crippen molar-refractivity contribution in [1.82, 2.24) is 9.80 Å². The summed E-state index contributed by atoms with van der Waals surface area (Å²) in [5.74, 6) is 2.03. The van der Waals surface area contributed by atoms with Gasteiger partial charge in [-0.1, -0.05) is 12.8 Å². The number of furan rings is 1. The van der Waals surface area contributed by atoms with Gasteiger partial charge in [-0.2, -0.15) is 0 Å². The zero-order valence-corrected chi connectivity index (χ0v) is 14.2. The second-order valence-electron chi connectivity index (χ2n) is 6.88. The Hall–Kier alpha value is -0.880. The van der Waals surface area contributed by atoms with Crippen molar-refractivity contribution in [3.63, 3.8) is 0 Å². The lowest BCUT2D eigenvalue weighted by Crippen LogP contribution is -2.45. The van der Waals surface area contributed by atoms with Gasteiger partial charge in [-0.3, -0.25) is 9.80 Å². The van der Waals surface area contributed by atoms with Crippen LogP contribution in [0.2, 0.25) is 0 Å². The summed E-state index contributed by atoms with van der Waals surface area (Å²) in [6.45, 7) is 7.93. The highest BCUT2D eigenvalue weighted by atomic mass is 16.5. The molecule has 0 saturated carbocycles. The minimum absolute atomic E-state index is 0.311. The van der Waals surface area contributed by atoms with Gasteiger partial charge in [0.15, 0.2) is 0 Å². The standard InChI is InChI=1S/C18H30N2O3/c1-15-6-7-18(23-15)17-5-3-2-4-8-20(17)14-16(21)13-19-9-11-22-12-10-19/h6-7,16-17,21H,2-5,8-14H2,1H3. The largest absolute Gasteiger partial charge is 0.465 e. The van der Waals surface area contributed by atoms with E-state index in [-0.39, 0.29) is 6.10 Å². The van der Waals surface area contributed by atoms with E-state index in [9.17, 15) is 5.11 Å². The molecule has 2 unspecified atom stereocenters. The molecule has 2 atom stereocenters. The first-order valence-electron chi connectivity index (χ1n) is 9.01. The van der Waals surface area contributed by atoms with Crippen LogP contribution in [0.25, 0.3) is 0 Å². The number of hydrogen-bond donors (Lipinski definition) is 1. The Bertz CT molecular complexity index is 471. The van der Waals surface area contributed by atoms with Gasteiger partial charge >= 0.3 is 0 Å². The maximum atomic E-state index is 10.6. The lowest BCUT2D eigenvalue weighted by atomic mass is 10.1. The number of β-amino-alcohol motifs (C(OH)–C–C–N with tert-alkyl or cyclic N) is 1. The number of aryl methyl sites for hydroxylation is 1. The molecular weight excluding hydrogens is 292 g/mol. The number of nitrogens with zero attached hydrogens (tertiary/aromatic N) is 2. The fraction of sp³-hybridized carbons (Fsp3) is 0.778. The van der Waals surface area contributed by atoms with Gasteiger partial charge in [0.05, 0.1) is 25.4 Å². The van der Waals surface area contributed by atoms with Crippen molar-refractivity contribution in [2.45, 2.75) is 44.8 Å². The van der Waals surface area contributed by atoms with Gasteiger partial charge in [-0.25, -0.2) is 0 Å². The van der Waals surface area contributed by atoms with Crippen molar-refractivity contribution >= 4 is 0 Å². The molecule has 2 saturated heterocycles. The maximum absolute atomic E-state index is 10.6. The van der Waals surface area contributed by atoms with Crippen LogP contribution in [0, 0.1) is 6.92 Å². The summed E-state index contributed by atoms with van der Waals surface area (Å²) in [5, 5.41) is 10.6. The first-order chi connectivity index (χ1) is 11.2. The van der Waals surface area contributed by atoms with Gasteiger partial charge in [-0.05, 0) is 38.4 Å². The molecule has 2 aliphatic rings. The molecule has 5 heteroatoms. The monoisotopic (exact) mass is 322 g/mol. The molecule has 2 fully saturated rings. The number of morpholine rings is 1. The minimum atomic E-state index is -0.315. The zero-order valence-electron chi connectivity index (χ0n) is 14.2. The highest BCUT2D eigenvalue weighted by molar-refractivity contribution is 5.10. The predicted molar refractivity (Wildman–Crippen MR) is 89.5 cm³/mol. The third-order valence-electron chi connectivity index (χ3n) is 4.97. The average Bonchev–Trinajstić information content (AvgIpc) is 2.84. The van der Waals surface area contributed by atoms with Gasteiger partial charge in [-0.15, -0.1) is 0 Å². The van der Waals surface area contributed by atoms with E-state index in [0.717, 1.165) is 63.9 Å². The molecule has 5 nitrogen and oxygen atoms in total. The van der Waals surface area contributed by atoms with Crippen LogP contribution in [0.15, 0.2) is 16.5 Å². The van der Waals surface area contributed by atoms with Crippen LogP contribution in [-0.4, -0.2) is 66.9 Å². The lowest BCUT2D eigenvalue weighted by molar-refractivity contribution is 0.00208. The molecule has 0 aliphatic carbocycles. The van der Waals surface area contributed by atoms with E-state index >= 15 is 0 Å². The van der Waals surface area contributed by atoms with E-state index in [1.54, 1.807) is 0 Å². The van der Waals surface area contributed by atoms with Crippen LogP contribution in [0.4, 0.5) is 0 Å². The molecule has 0 spiro atoms. The van der Waals surface area contributed by atoms with E-state index in [4.69, 9.17) is 9.15 Å². The Morgan fingerprint density at radius 2 is 1.96 bits per heavy atom. The third-order valence-corrected chi connectivity index (χ3v) is 4.97. The predicted octanol–water partition coefficient (Wildman–Crippen LogP) is 2.20. The van der Waals surface area contributed by atoms with Crippen molar-refractivity contribution in [3.8, 4) is 0 Å². The lowest BCUT2D eigenvalue weighted by Gasteiger charge is -2.33. The van der Waals surface area contributed by atoms with Crippen molar-refractivity contribution < 1.29 is 14.3 Å². The fourth-order valence-electron chi connectivity index (χ4n) is 3.75. The second kappa shape index (κ2) is 8.29.